The summed E-state index contributed by atoms with van der Waals surface area (Å²) < 4.78 is 39.3. The number of alkyl halides is 3. The van der Waals surface area contributed by atoms with E-state index >= 15 is 0 Å². The van der Waals surface area contributed by atoms with Crippen LogP contribution in [0.25, 0.3) is 11.3 Å². The first kappa shape index (κ1) is 13.0. The molecule has 4 nitrogen and oxygen atoms in total. The molecule has 7 heteroatoms. The van der Waals surface area contributed by atoms with Gasteiger partial charge in [0.25, 0.3) is 0 Å². The van der Waals surface area contributed by atoms with Crippen LogP contribution in [-0.4, -0.2) is 15.9 Å². The molecule has 98 valence electrons. The maximum atomic E-state index is 12.7. The molecule has 0 unspecified atom stereocenters. The minimum absolute atomic E-state index is 0.178. The molecule has 0 bridgehead atoms. The van der Waals surface area contributed by atoms with Crippen LogP contribution in [0.5, 0.6) is 0 Å². The average Bonchev–Trinajstić information content (AvgIpc) is 2.70. The number of nitrogens with zero attached hydrogens (tertiary/aromatic N) is 3. The van der Waals surface area contributed by atoms with Gasteiger partial charge in [0.15, 0.2) is 0 Å². The Balaban J connectivity index is 2.60. The second-order valence-corrected chi connectivity index (χ2v) is 3.78. The lowest BCUT2D eigenvalue weighted by molar-refractivity contribution is -0.137. The molecule has 0 amide bonds. The predicted molar refractivity (Wildman–Crippen MR) is 61.4 cm³/mol. The molecule has 19 heavy (non-hydrogen) atoms. The number of carbonyl (C=O) groups excluding carboxylic acids is 1. The highest BCUT2D eigenvalue weighted by Crippen LogP contribution is 2.34. The summed E-state index contributed by atoms with van der Waals surface area (Å²) in [6.45, 7) is 0. The van der Waals surface area contributed by atoms with Gasteiger partial charge in [0.1, 0.15) is 5.69 Å². The number of aliphatic imine (C=N–C) groups is 1. The molecule has 0 fully saturated rings. The van der Waals surface area contributed by atoms with E-state index in [1.54, 1.807) is 7.05 Å². The second-order valence-electron chi connectivity index (χ2n) is 3.78. The zero-order valence-electron chi connectivity index (χ0n) is 9.77. The van der Waals surface area contributed by atoms with Crippen LogP contribution in [0.3, 0.4) is 0 Å². The number of halogens is 3. The molecule has 0 aliphatic heterocycles. The molecular formula is C12H8F3N3O. The van der Waals surface area contributed by atoms with Crippen LogP contribution in [-0.2, 0) is 18.0 Å². The molecule has 0 saturated carbocycles. The van der Waals surface area contributed by atoms with Crippen molar-refractivity contribution in [2.75, 3.05) is 0 Å². The number of hydrogen-bond donors (Lipinski definition) is 0. The molecule has 0 atom stereocenters. The highest BCUT2D eigenvalue weighted by Gasteiger charge is 2.30. The molecule has 0 aliphatic carbocycles. The van der Waals surface area contributed by atoms with Crippen molar-refractivity contribution in [3.63, 3.8) is 0 Å². The summed E-state index contributed by atoms with van der Waals surface area (Å²) in [4.78, 5) is 13.7. The number of isocyanates is 1. The van der Waals surface area contributed by atoms with E-state index in [0.29, 0.717) is 5.69 Å². The number of aromatic nitrogens is 2. The first-order valence-electron chi connectivity index (χ1n) is 5.21. The van der Waals surface area contributed by atoms with Gasteiger partial charge in [0.2, 0.25) is 6.08 Å². The van der Waals surface area contributed by atoms with Crippen molar-refractivity contribution in [1.82, 2.24) is 9.78 Å². The number of benzene rings is 1. The Morgan fingerprint density at radius 3 is 2.74 bits per heavy atom. The van der Waals surface area contributed by atoms with Gasteiger partial charge < -0.3 is 0 Å². The van der Waals surface area contributed by atoms with E-state index in [0.717, 1.165) is 12.1 Å². The fourth-order valence-corrected chi connectivity index (χ4v) is 1.73. The summed E-state index contributed by atoms with van der Waals surface area (Å²) in [6, 6.07) is 4.75. The summed E-state index contributed by atoms with van der Waals surface area (Å²) >= 11 is 0. The van der Waals surface area contributed by atoms with Crippen molar-refractivity contribution in [1.29, 1.82) is 0 Å². The van der Waals surface area contributed by atoms with Crippen LogP contribution in [0.15, 0.2) is 35.5 Å². The van der Waals surface area contributed by atoms with Crippen molar-refractivity contribution in [3.05, 3.63) is 36.0 Å². The number of aryl methyl sites for hydroxylation is 1. The Morgan fingerprint density at radius 2 is 2.11 bits per heavy atom. The SMILES string of the molecule is Cn1ncc(N=C=O)c1-c1cccc(C(F)(F)F)c1. The molecule has 1 aromatic heterocycles. The molecule has 0 N–H and O–H groups in total. The van der Waals surface area contributed by atoms with Gasteiger partial charge in [0.05, 0.1) is 17.5 Å². The van der Waals surface area contributed by atoms with Crippen molar-refractivity contribution in [2.45, 2.75) is 6.18 Å². The predicted octanol–water partition coefficient (Wildman–Crippen LogP) is 3.07. The summed E-state index contributed by atoms with van der Waals surface area (Å²) in [5.74, 6) is 0. The smallest absolute Gasteiger partial charge is 0.266 e. The number of hydrogen-bond acceptors (Lipinski definition) is 3. The fraction of sp³-hybridized carbons (Fsp3) is 0.167. The van der Waals surface area contributed by atoms with Crippen molar-refractivity contribution in [3.8, 4) is 11.3 Å². The molecule has 1 aromatic carbocycles. The Labute approximate surface area is 106 Å². The maximum Gasteiger partial charge on any atom is 0.416 e. The molecule has 2 aromatic rings. The van der Waals surface area contributed by atoms with Gasteiger partial charge in [-0.25, -0.2) is 4.79 Å². The van der Waals surface area contributed by atoms with Crippen LogP contribution in [0.4, 0.5) is 18.9 Å². The summed E-state index contributed by atoms with van der Waals surface area (Å²) in [5, 5.41) is 3.87. The lowest BCUT2D eigenvalue weighted by atomic mass is 10.1. The Kier molecular flexibility index (Phi) is 3.23. The Morgan fingerprint density at radius 1 is 1.37 bits per heavy atom. The van der Waals surface area contributed by atoms with Gasteiger partial charge in [-0.3, -0.25) is 4.68 Å². The lowest BCUT2D eigenvalue weighted by Crippen LogP contribution is -2.05. The Hall–Kier alpha value is -2.40. The van der Waals surface area contributed by atoms with Crippen molar-refractivity contribution < 1.29 is 18.0 Å². The van der Waals surface area contributed by atoms with Gasteiger partial charge >= 0.3 is 6.18 Å². The summed E-state index contributed by atoms with van der Waals surface area (Å²) in [7, 11) is 1.55. The van der Waals surface area contributed by atoms with Crippen LogP contribution < -0.4 is 0 Å². The third-order valence-corrected chi connectivity index (χ3v) is 2.55. The zero-order valence-corrected chi connectivity index (χ0v) is 9.77. The highest BCUT2D eigenvalue weighted by atomic mass is 19.4. The van der Waals surface area contributed by atoms with Crippen molar-refractivity contribution >= 4 is 11.8 Å². The van der Waals surface area contributed by atoms with Crippen LogP contribution in [0, 0.1) is 0 Å². The molecule has 0 saturated heterocycles. The molecule has 0 spiro atoms. The zero-order chi connectivity index (χ0) is 14.0. The Bertz CT molecular complexity index is 654. The monoisotopic (exact) mass is 267 g/mol. The quantitative estimate of drug-likeness (QED) is 0.620. The van der Waals surface area contributed by atoms with Gasteiger partial charge in [-0.2, -0.15) is 23.3 Å². The van der Waals surface area contributed by atoms with E-state index in [9.17, 15) is 18.0 Å². The molecule has 1 heterocycles. The molecule has 0 aliphatic rings. The fourth-order valence-electron chi connectivity index (χ4n) is 1.73. The standard InChI is InChI=1S/C12H8F3N3O/c1-18-11(10(6-17-18)16-7-19)8-3-2-4-9(5-8)12(13,14)15/h2-6H,1H3. The average molecular weight is 267 g/mol. The first-order valence-corrected chi connectivity index (χ1v) is 5.21. The summed E-state index contributed by atoms with van der Waals surface area (Å²) in [6.07, 6.45) is -1.78. The van der Waals surface area contributed by atoms with E-state index in [2.05, 4.69) is 10.1 Å². The molecule has 2 rings (SSSR count). The molecular weight excluding hydrogens is 259 g/mol. The van der Waals surface area contributed by atoms with E-state index < -0.39 is 11.7 Å². The van der Waals surface area contributed by atoms with E-state index in [4.69, 9.17) is 0 Å². The van der Waals surface area contributed by atoms with Gasteiger partial charge in [-0.05, 0) is 12.1 Å². The summed E-state index contributed by atoms with van der Waals surface area (Å²) in [5.41, 5.74) is 0.0160. The van der Waals surface area contributed by atoms with E-state index in [-0.39, 0.29) is 11.3 Å². The van der Waals surface area contributed by atoms with Crippen LogP contribution in [0.2, 0.25) is 0 Å². The maximum absolute atomic E-state index is 12.7. The topological polar surface area (TPSA) is 47.2 Å². The normalized spacial score (nSPS) is 11.2. The molecule has 0 radical (unpaired) electrons. The van der Waals surface area contributed by atoms with Gasteiger partial charge in [-0.15, -0.1) is 0 Å². The third kappa shape index (κ3) is 2.56. The largest absolute Gasteiger partial charge is 0.416 e. The van der Waals surface area contributed by atoms with E-state index in [1.807, 2.05) is 0 Å². The van der Waals surface area contributed by atoms with Crippen LogP contribution in [0.1, 0.15) is 5.56 Å². The van der Waals surface area contributed by atoms with Crippen LogP contribution >= 0.6 is 0 Å². The third-order valence-electron chi connectivity index (χ3n) is 2.55. The van der Waals surface area contributed by atoms with Crippen molar-refractivity contribution in [2.24, 2.45) is 12.0 Å². The van der Waals surface area contributed by atoms with E-state index in [1.165, 1.54) is 29.1 Å². The number of rotatable bonds is 2. The van der Waals surface area contributed by atoms with Gasteiger partial charge in [-0.1, -0.05) is 12.1 Å². The first-order chi connectivity index (χ1) is 8.93. The lowest BCUT2D eigenvalue weighted by Gasteiger charge is -2.09. The van der Waals surface area contributed by atoms with Gasteiger partial charge in [0, 0.05) is 12.6 Å². The highest BCUT2D eigenvalue weighted by molar-refractivity contribution is 5.74. The second kappa shape index (κ2) is 4.70. The minimum Gasteiger partial charge on any atom is -0.266 e. The minimum atomic E-state index is -4.43.